The van der Waals surface area contributed by atoms with Gasteiger partial charge in [-0.1, -0.05) is 0 Å². The molecule has 1 fully saturated rings. The smallest absolute Gasteiger partial charge is 0 e. The van der Waals surface area contributed by atoms with E-state index in [1.807, 2.05) is 0 Å². The molecule has 0 aromatic carbocycles. The van der Waals surface area contributed by atoms with E-state index in [0.29, 0.717) is 11.8 Å². The van der Waals surface area contributed by atoms with Gasteiger partial charge in [0.1, 0.15) is 0 Å². The molecule has 94 valence electrons. The summed E-state index contributed by atoms with van der Waals surface area (Å²) < 4.78 is 0. The summed E-state index contributed by atoms with van der Waals surface area (Å²) in [6.07, 6.45) is 0. The van der Waals surface area contributed by atoms with Crippen molar-refractivity contribution in [2.75, 3.05) is 11.5 Å². The molecule has 0 aliphatic carbocycles. The molecule has 1 saturated heterocycles. The SMILES string of the molecule is CC(C)CS1(CC(C)C)SP1(O)(O)O.[Mo]. The van der Waals surface area contributed by atoms with Gasteiger partial charge in [0.2, 0.25) is 0 Å². The third-order valence-corrected chi connectivity index (χ3v) is 21.5. The molecule has 1 rings (SSSR count). The minimum Gasteiger partial charge on any atom is 0 e. The van der Waals surface area contributed by atoms with Crippen LogP contribution in [0.2, 0.25) is 0 Å². The maximum Gasteiger partial charge on any atom is 0 e. The molecule has 0 saturated carbocycles. The summed E-state index contributed by atoms with van der Waals surface area (Å²) in [5.74, 6) is 2.34. The minimum atomic E-state index is -4.23. The van der Waals surface area contributed by atoms with Gasteiger partial charge in [-0.15, -0.1) is 0 Å². The van der Waals surface area contributed by atoms with Gasteiger partial charge in [-0.3, -0.25) is 0 Å². The summed E-state index contributed by atoms with van der Waals surface area (Å²) in [5, 5.41) is 0. The Morgan fingerprint density at radius 2 is 1.27 bits per heavy atom. The van der Waals surface area contributed by atoms with Gasteiger partial charge >= 0.3 is 90.5 Å². The van der Waals surface area contributed by atoms with E-state index >= 15 is 0 Å². The van der Waals surface area contributed by atoms with Crippen LogP contribution in [0, 0.1) is 11.8 Å². The molecule has 15 heavy (non-hydrogen) atoms. The van der Waals surface area contributed by atoms with E-state index in [4.69, 9.17) is 0 Å². The average molecular weight is 356 g/mol. The number of hydrogen-bond acceptors (Lipinski definition) is 4. The first-order chi connectivity index (χ1) is 6.07. The first-order valence-corrected chi connectivity index (χ1v) is 11.4. The molecule has 0 spiro atoms. The molecule has 3 nitrogen and oxygen atoms in total. The van der Waals surface area contributed by atoms with E-state index in [0.717, 1.165) is 21.9 Å². The largest absolute Gasteiger partial charge is 0 e. The Labute approximate surface area is 111 Å². The Hall–Kier alpha value is 1.70. The van der Waals surface area contributed by atoms with Crippen LogP contribution in [0.4, 0.5) is 0 Å². The van der Waals surface area contributed by atoms with E-state index in [1.54, 1.807) is 0 Å². The van der Waals surface area contributed by atoms with Crippen LogP contribution in [0.25, 0.3) is 0 Å². The Bertz CT molecular complexity index is 230. The molecular weight excluding hydrogens is 335 g/mol. The van der Waals surface area contributed by atoms with Crippen LogP contribution in [-0.4, -0.2) is 26.2 Å². The molecule has 7 heteroatoms. The zero-order chi connectivity index (χ0) is 11.2. The van der Waals surface area contributed by atoms with Gasteiger partial charge in [0, 0.05) is 21.1 Å². The fraction of sp³-hybridized carbons (Fsp3) is 1.00. The van der Waals surface area contributed by atoms with Gasteiger partial charge in [0.25, 0.3) is 0 Å². The Morgan fingerprint density at radius 3 is 1.40 bits per heavy atom. The van der Waals surface area contributed by atoms with Gasteiger partial charge in [-0.05, 0) is 0 Å². The molecule has 1 heterocycles. The van der Waals surface area contributed by atoms with E-state index in [9.17, 15) is 14.7 Å². The molecule has 3 N–H and O–H groups in total. The van der Waals surface area contributed by atoms with Crippen molar-refractivity contribution in [3.8, 4) is 0 Å². The summed E-state index contributed by atoms with van der Waals surface area (Å²) in [4.78, 5) is 29.2. The van der Waals surface area contributed by atoms with Crippen molar-refractivity contribution in [1.29, 1.82) is 0 Å². The van der Waals surface area contributed by atoms with Crippen LogP contribution in [0.15, 0.2) is 0 Å². The molecule has 0 unspecified atom stereocenters. The number of hydrogen-bond donors (Lipinski definition) is 3. The third-order valence-electron chi connectivity index (χ3n) is 2.02. The molecule has 0 atom stereocenters. The maximum absolute atomic E-state index is 9.75. The van der Waals surface area contributed by atoms with E-state index < -0.39 is 14.4 Å². The van der Waals surface area contributed by atoms with Crippen molar-refractivity contribution in [3.05, 3.63) is 0 Å². The summed E-state index contributed by atoms with van der Waals surface area (Å²) in [6.45, 7) is 8.22. The summed E-state index contributed by atoms with van der Waals surface area (Å²) in [6, 6.07) is 0. The molecule has 0 amide bonds. The van der Waals surface area contributed by atoms with E-state index in [1.165, 1.54) is 0 Å². The summed E-state index contributed by atoms with van der Waals surface area (Å²) >= 11 is 0. The van der Waals surface area contributed by atoms with Crippen LogP contribution in [0.5, 0.6) is 0 Å². The second kappa shape index (κ2) is 4.76. The molecule has 1 aliphatic rings. The summed E-state index contributed by atoms with van der Waals surface area (Å²) in [7, 11) is -0.513. The van der Waals surface area contributed by atoms with Crippen molar-refractivity contribution >= 4 is 24.8 Å². The van der Waals surface area contributed by atoms with Gasteiger partial charge in [0.05, 0.1) is 0 Å². The minimum absolute atomic E-state index is 0. The second-order valence-electron chi connectivity index (χ2n) is 4.80. The van der Waals surface area contributed by atoms with Crippen LogP contribution in [0.1, 0.15) is 27.7 Å². The molecule has 0 radical (unpaired) electrons. The third kappa shape index (κ3) is 3.58. The molecule has 1 aliphatic heterocycles. The fourth-order valence-corrected chi connectivity index (χ4v) is 22.8. The van der Waals surface area contributed by atoms with Gasteiger partial charge in [-0.2, -0.15) is 0 Å². The zero-order valence-corrected chi connectivity index (χ0v) is 14.1. The van der Waals surface area contributed by atoms with Crippen molar-refractivity contribution in [2.24, 2.45) is 11.8 Å². The van der Waals surface area contributed by atoms with Crippen LogP contribution >= 0.6 is 24.8 Å². The topological polar surface area (TPSA) is 60.7 Å². The van der Waals surface area contributed by atoms with Crippen LogP contribution in [0.3, 0.4) is 0 Å². The van der Waals surface area contributed by atoms with Crippen molar-refractivity contribution in [3.63, 3.8) is 0 Å². The monoisotopic (exact) mass is 358 g/mol. The predicted octanol–water partition coefficient (Wildman–Crippen LogP) is 2.87. The molecule has 0 aromatic heterocycles. The standard InChI is InChI=1S/C8H21O3PS2.Mo/c1-7(2)5-14(6-8(3)4)12(9,10,11)13-14;/h7-11H,5-6H2,1-4H3;. The Morgan fingerprint density at radius 1 is 1.00 bits per heavy atom. The van der Waals surface area contributed by atoms with Gasteiger partial charge < -0.3 is 0 Å². The Balaban J connectivity index is 0.00000196. The van der Waals surface area contributed by atoms with Crippen LogP contribution < -0.4 is 0 Å². The fourth-order valence-electron chi connectivity index (χ4n) is 1.66. The van der Waals surface area contributed by atoms with Crippen LogP contribution in [-0.2, 0) is 21.1 Å². The molecular formula is C8H21MoO3PS2. The molecule has 0 aromatic rings. The van der Waals surface area contributed by atoms with Gasteiger partial charge in [-0.25, -0.2) is 0 Å². The zero-order valence-electron chi connectivity index (χ0n) is 9.58. The van der Waals surface area contributed by atoms with E-state index in [2.05, 4.69) is 27.7 Å². The van der Waals surface area contributed by atoms with Crippen molar-refractivity contribution in [1.82, 2.24) is 0 Å². The predicted molar refractivity (Wildman–Crippen MR) is 68.2 cm³/mol. The van der Waals surface area contributed by atoms with E-state index in [-0.39, 0.29) is 21.1 Å². The maximum atomic E-state index is 9.75. The molecule has 0 bridgehead atoms. The summed E-state index contributed by atoms with van der Waals surface area (Å²) in [5.41, 5.74) is -4.23. The van der Waals surface area contributed by atoms with Crippen molar-refractivity contribution in [2.45, 2.75) is 27.7 Å². The first kappa shape index (κ1) is 16.7. The van der Waals surface area contributed by atoms with Gasteiger partial charge in [0.15, 0.2) is 0 Å². The normalized spacial score (nSPS) is 30.1. The first-order valence-electron chi connectivity index (χ1n) is 4.84. The Kier molecular flexibility index (Phi) is 5.30. The average Bonchev–Trinajstić information content (AvgIpc) is 2.19. The van der Waals surface area contributed by atoms with Crippen molar-refractivity contribution < 1.29 is 35.7 Å². The quantitative estimate of drug-likeness (QED) is 0.314. The number of rotatable bonds is 4. The second-order valence-corrected chi connectivity index (χ2v) is 20.1.